The van der Waals surface area contributed by atoms with E-state index in [0.717, 1.165) is 25.0 Å². The zero-order valence-corrected chi connectivity index (χ0v) is 16.6. The summed E-state index contributed by atoms with van der Waals surface area (Å²) in [6.45, 7) is 15.1. The third-order valence-electron chi connectivity index (χ3n) is 6.24. The van der Waals surface area contributed by atoms with Crippen LogP contribution in [-0.2, 0) is 0 Å². The van der Waals surface area contributed by atoms with Gasteiger partial charge in [0.15, 0.2) is 5.96 Å². The van der Waals surface area contributed by atoms with Gasteiger partial charge in [0, 0.05) is 32.2 Å². The minimum Gasteiger partial charge on any atom is -0.357 e. The first-order valence-electron chi connectivity index (χ1n) is 10.8. The molecule has 5 nitrogen and oxygen atoms in total. The summed E-state index contributed by atoms with van der Waals surface area (Å²) in [4.78, 5) is 12.9. The standard InChI is InChI=1S/C20H39N5/c1-3-21-20(22-15-19-9-5-6-13-24(19)4-2)25-14-10-18(17-25)16-23-11-7-8-12-23/h18-19H,3-17H2,1-2H3,(H,21,22). The number of aliphatic imine (C=N–C) groups is 1. The molecule has 0 bridgehead atoms. The van der Waals surface area contributed by atoms with Gasteiger partial charge in [-0.3, -0.25) is 9.89 Å². The summed E-state index contributed by atoms with van der Waals surface area (Å²) in [5.74, 6) is 1.98. The second-order valence-electron chi connectivity index (χ2n) is 8.08. The smallest absolute Gasteiger partial charge is 0.193 e. The van der Waals surface area contributed by atoms with Crippen LogP contribution in [0.4, 0.5) is 0 Å². The molecule has 25 heavy (non-hydrogen) atoms. The van der Waals surface area contributed by atoms with Crippen molar-refractivity contribution in [2.45, 2.75) is 58.4 Å². The van der Waals surface area contributed by atoms with Crippen molar-refractivity contribution >= 4 is 5.96 Å². The van der Waals surface area contributed by atoms with Crippen molar-refractivity contribution in [1.82, 2.24) is 20.0 Å². The number of hydrogen-bond acceptors (Lipinski definition) is 3. The molecule has 3 aliphatic rings. The van der Waals surface area contributed by atoms with Crippen LogP contribution in [0.25, 0.3) is 0 Å². The van der Waals surface area contributed by atoms with Crippen LogP contribution in [0.15, 0.2) is 4.99 Å². The first-order chi connectivity index (χ1) is 12.3. The topological polar surface area (TPSA) is 34.1 Å². The van der Waals surface area contributed by atoms with Gasteiger partial charge < -0.3 is 15.1 Å². The maximum Gasteiger partial charge on any atom is 0.193 e. The van der Waals surface area contributed by atoms with Gasteiger partial charge in [-0.1, -0.05) is 13.3 Å². The number of guanidine groups is 1. The SMILES string of the molecule is CCNC(=NCC1CCCCN1CC)N1CCC(CN2CCCC2)C1. The summed E-state index contributed by atoms with van der Waals surface area (Å²) in [6.07, 6.45) is 8.17. The van der Waals surface area contributed by atoms with Crippen LogP contribution < -0.4 is 5.32 Å². The highest BCUT2D eigenvalue weighted by atomic mass is 15.3. The van der Waals surface area contributed by atoms with Crippen molar-refractivity contribution in [2.24, 2.45) is 10.9 Å². The molecule has 3 rings (SSSR count). The van der Waals surface area contributed by atoms with Crippen LogP contribution in [0.1, 0.15) is 52.4 Å². The van der Waals surface area contributed by atoms with Gasteiger partial charge in [0.25, 0.3) is 0 Å². The molecular formula is C20H39N5. The van der Waals surface area contributed by atoms with Crippen molar-refractivity contribution in [1.29, 1.82) is 0 Å². The Kier molecular flexibility index (Phi) is 7.41. The fourth-order valence-corrected chi connectivity index (χ4v) is 4.81. The van der Waals surface area contributed by atoms with E-state index in [9.17, 15) is 0 Å². The van der Waals surface area contributed by atoms with Crippen molar-refractivity contribution in [3.05, 3.63) is 0 Å². The highest BCUT2D eigenvalue weighted by Gasteiger charge is 2.28. The molecule has 0 aromatic heterocycles. The molecule has 5 heteroatoms. The zero-order valence-electron chi connectivity index (χ0n) is 16.6. The summed E-state index contributed by atoms with van der Waals surface area (Å²) < 4.78 is 0. The lowest BCUT2D eigenvalue weighted by atomic mass is 10.0. The third kappa shape index (κ3) is 5.33. The molecule has 0 amide bonds. The quantitative estimate of drug-likeness (QED) is 0.589. The lowest BCUT2D eigenvalue weighted by molar-refractivity contribution is 0.161. The van der Waals surface area contributed by atoms with Gasteiger partial charge in [0.2, 0.25) is 0 Å². The van der Waals surface area contributed by atoms with Crippen LogP contribution in [0.5, 0.6) is 0 Å². The Balaban J connectivity index is 1.52. The van der Waals surface area contributed by atoms with Crippen LogP contribution in [0.3, 0.4) is 0 Å². The summed E-state index contributed by atoms with van der Waals surface area (Å²) in [7, 11) is 0. The molecule has 2 unspecified atom stereocenters. The Morgan fingerprint density at radius 2 is 1.80 bits per heavy atom. The van der Waals surface area contributed by atoms with Gasteiger partial charge in [0.05, 0.1) is 6.54 Å². The van der Waals surface area contributed by atoms with Gasteiger partial charge in [0.1, 0.15) is 0 Å². The molecule has 3 aliphatic heterocycles. The summed E-state index contributed by atoms with van der Waals surface area (Å²) >= 11 is 0. The fourth-order valence-electron chi connectivity index (χ4n) is 4.81. The minimum absolute atomic E-state index is 0.649. The van der Waals surface area contributed by atoms with E-state index in [2.05, 4.69) is 33.9 Å². The number of likely N-dealkylation sites (N-methyl/N-ethyl adjacent to an activating group) is 1. The third-order valence-corrected chi connectivity index (χ3v) is 6.24. The maximum atomic E-state index is 5.06. The highest BCUT2D eigenvalue weighted by molar-refractivity contribution is 5.80. The Bertz CT molecular complexity index is 418. The Hall–Kier alpha value is -0.810. The minimum atomic E-state index is 0.649. The predicted molar refractivity (Wildman–Crippen MR) is 106 cm³/mol. The predicted octanol–water partition coefficient (Wildman–Crippen LogP) is 2.24. The maximum absolute atomic E-state index is 5.06. The van der Waals surface area contributed by atoms with Gasteiger partial charge in [-0.15, -0.1) is 0 Å². The summed E-state index contributed by atoms with van der Waals surface area (Å²) in [6, 6.07) is 0.649. The Morgan fingerprint density at radius 1 is 1.00 bits per heavy atom. The van der Waals surface area contributed by atoms with E-state index in [0.29, 0.717) is 6.04 Å². The summed E-state index contributed by atoms with van der Waals surface area (Å²) in [5, 5.41) is 3.55. The Labute approximate surface area is 154 Å². The molecule has 3 heterocycles. The van der Waals surface area contributed by atoms with Gasteiger partial charge in [-0.05, 0) is 71.1 Å². The number of nitrogens with one attached hydrogen (secondary N) is 1. The van der Waals surface area contributed by atoms with E-state index in [4.69, 9.17) is 4.99 Å². The normalized spacial score (nSPS) is 29.5. The van der Waals surface area contributed by atoms with Crippen molar-refractivity contribution < 1.29 is 0 Å². The molecule has 144 valence electrons. The van der Waals surface area contributed by atoms with E-state index in [-0.39, 0.29) is 0 Å². The summed E-state index contributed by atoms with van der Waals surface area (Å²) in [5.41, 5.74) is 0. The van der Waals surface area contributed by atoms with E-state index in [1.54, 1.807) is 0 Å². The molecule has 1 N–H and O–H groups in total. The average molecular weight is 350 g/mol. The number of nitrogens with zero attached hydrogens (tertiary/aromatic N) is 4. The first-order valence-corrected chi connectivity index (χ1v) is 10.8. The van der Waals surface area contributed by atoms with Crippen molar-refractivity contribution in [3.8, 4) is 0 Å². The molecule has 0 radical (unpaired) electrons. The second-order valence-corrected chi connectivity index (χ2v) is 8.08. The van der Waals surface area contributed by atoms with Crippen molar-refractivity contribution in [2.75, 3.05) is 58.9 Å². The average Bonchev–Trinajstić information content (AvgIpc) is 3.31. The van der Waals surface area contributed by atoms with Crippen LogP contribution >= 0.6 is 0 Å². The molecule has 2 atom stereocenters. The molecule has 0 saturated carbocycles. The molecule has 0 spiro atoms. The highest BCUT2D eigenvalue weighted by Crippen LogP contribution is 2.21. The largest absolute Gasteiger partial charge is 0.357 e. The molecule has 0 aromatic carbocycles. The van der Waals surface area contributed by atoms with Crippen LogP contribution in [0.2, 0.25) is 0 Å². The monoisotopic (exact) mass is 349 g/mol. The number of hydrogen-bond donors (Lipinski definition) is 1. The first kappa shape index (κ1) is 19.0. The second kappa shape index (κ2) is 9.77. The van der Waals surface area contributed by atoms with Gasteiger partial charge in [-0.2, -0.15) is 0 Å². The van der Waals surface area contributed by atoms with E-state index >= 15 is 0 Å². The Morgan fingerprint density at radius 3 is 2.56 bits per heavy atom. The number of likely N-dealkylation sites (tertiary alicyclic amines) is 3. The van der Waals surface area contributed by atoms with Crippen LogP contribution in [-0.4, -0.2) is 85.6 Å². The molecule has 0 aliphatic carbocycles. The van der Waals surface area contributed by atoms with E-state index in [1.807, 2.05) is 0 Å². The zero-order chi connectivity index (χ0) is 17.5. The lowest BCUT2D eigenvalue weighted by Crippen LogP contribution is -2.44. The van der Waals surface area contributed by atoms with Crippen molar-refractivity contribution in [3.63, 3.8) is 0 Å². The van der Waals surface area contributed by atoms with E-state index < -0.39 is 0 Å². The molecule has 3 fully saturated rings. The van der Waals surface area contributed by atoms with Gasteiger partial charge in [-0.25, -0.2) is 0 Å². The fraction of sp³-hybridized carbons (Fsp3) is 0.950. The van der Waals surface area contributed by atoms with Gasteiger partial charge >= 0.3 is 0 Å². The molecular weight excluding hydrogens is 310 g/mol. The molecule has 3 saturated heterocycles. The molecule has 0 aromatic rings. The van der Waals surface area contributed by atoms with Crippen LogP contribution in [0, 0.1) is 5.92 Å². The van der Waals surface area contributed by atoms with E-state index in [1.165, 1.54) is 84.3 Å². The number of piperidine rings is 1. The number of rotatable bonds is 6. The lowest BCUT2D eigenvalue weighted by Gasteiger charge is -2.34.